The standard InChI is InChI=1S/C22H19F3N2O4/c23-22(24,25)31-17-6-3-5-15(11-17)19-13-27(8-9-30-19)20(28)12-16-10-14-4-1-2-7-18(14)26-21(16)29/h1-7,10-11,19H,8-9,12-13H2,(H,26,29). The highest BCUT2D eigenvalue weighted by Gasteiger charge is 2.32. The maximum absolute atomic E-state index is 12.8. The summed E-state index contributed by atoms with van der Waals surface area (Å²) in [5.41, 5.74) is 1.19. The van der Waals surface area contributed by atoms with Crippen LogP contribution in [0.4, 0.5) is 13.2 Å². The van der Waals surface area contributed by atoms with Crippen LogP contribution in [0.3, 0.4) is 0 Å². The van der Waals surface area contributed by atoms with Gasteiger partial charge >= 0.3 is 6.36 Å². The Kier molecular flexibility index (Phi) is 5.69. The Morgan fingerprint density at radius 2 is 1.97 bits per heavy atom. The van der Waals surface area contributed by atoms with Crippen LogP contribution >= 0.6 is 0 Å². The highest BCUT2D eigenvalue weighted by Crippen LogP contribution is 2.28. The fourth-order valence-corrected chi connectivity index (χ4v) is 3.59. The molecule has 3 aromatic rings. The van der Waals surface area contributed by atoms with Crippen molar-refractivity contribution < 1.29 is 27.4 Å². The Bertz CT molecular complexity index is 1160. The molecule has 1 fully saturated rings. The highest BCUT2D eigenvalue weighted by atomic mass is 19.4. The summed E-state index contributed by atoms with van der Waals surface area (Å²) in [7, 11) is 0. The zero-order valence-electron chi connectivity index (χ0n) is 16.3. The fraction of sp³-hybridized carbons (Fsp3) is 0.273. The Morgan fingerprint density at radius 3 is 2.77 bits per heavy atom. The first-order valence-corrected chi connectivity index (χ1v) is 9.64. The molecule has 31 heavy (non-hydrogen) atoms. The number of morpholine rings is 1. The van der Waals surface area contributed by atoms with Crippen LogP contribution in [0.15, 0.2) is 59.4 Å². The van der Waals surface area contributed by atoms with Gasteiger partial charge in [-0.15, -0.1) is 13.2 Å². The molecule has 0 saturated carbocycles. The van der Waals surface area contributed by atoms with Gasteiger partial charge in [-0.25, -0.2) is 0 Å². The molecule has 0 bridgehead atoms. The van der Waals surface area contributed by atoms with E-state index in [0.29, 0.717) is 23.2 Å². The molecule has 1 amide bonds. The number of nitrogens with zero attached hydrogens (tertiary/aromatic N) is 1. The minimum absolute atomic E-state index is 0.0793. The van der Waals surface area contributed by atoms with Crippen molar-refractivity contribution in [2.24, 2.45) is 0 Å². The zero-order chi connectivity index (χ0) is 22.0. The number of nitrogens with one attached hydrogen (secondary N) is 1. The van der Waals surface area contributed by atoms with Crippen LogP contribution in [0.5, 0.6) is 5.75 Å². The third kappa shape index (κ3) is 5.05. The van der Waals surface area contributed by atoms with Gasteiger partial charge in [0.1, 0.15) is 11.9 Å². The number of benzene rings is 2. The number of hydrogen-bond acceptors (Lipinski definition) is 4. The predicted molar refractivity (Wildman–Crippen MR) is 107 cm³/mol. The quantitative estimate of drug-likeness (QED) is 0.684. The monoisotopic (exact) mass is 432 g/mol. The number of rotatable bonds is 4. The average molecular weight is 432 g/mol. The molecule has 4 rings (SSSR count). The van der Waals surface area contributed by atoms with Crippen molar-refractivity contribution in [2.75, 3.05) is 19.7 Å². The largest absolute Gasteiger partial charge is 0.573 e. The second-order valence-electron chi connectivity index (χ2n) is 7.21. The van der Waals surface area contributed by atoms with Crippen molar-refractivity contribution in [3.63, 3.8) is 0 Å². The van der Waals surface area contributed by atoms with E-state index in [4.69, 9.17) is 4.74 Å². The normalized spacial score (nSPS) is 17.0. The number of aromatic amines is 1. The number of halogens is 3. The molecule has 9 heteroatoms. The Labute approximate surface area is 175 Å². The molecule has 0 spiro atoms. The third-order valence-corrected chi connectivity index (χ3v) is 5.05. The van der Waals surface area contributed by atoms with Gasteiger partial charge < -0.3 is 19.4 Å². The summed E-state index contributed by atoms with van der Waals surface area (Å²) in [6.07, 6.45) is -5.46. The second kappa shape index (κ2) is 8.43. The smallest absolute Gasteiger partial charge is 0.406 e. The van der Waals surface area contributed by atoms with Crippen molar-refractivity contribution in [2.45, 2.75) is 18.9 Å². The molecule has 162 valence electrons. The number of hydrogen-bond donors (Lipinski definition) is 1. The molecule has 1 aromatic heterocycles. The van der Waals surface area contributed by atoms with E-state index >= 15 is 0 Å². The van der Waals surface area contributed by atoms with Gasteiger partial charge in [0.25, 0.3) is 5.56 Å². The molecule has 2 heterocycles. The number of carbonyl (C=O) groups is 1. The second-order valence-corrected chi connectivity index (χ2v) is 7.21. The van der Waals surface area contributed by atoms with E-state index in [9.17, 15) is 22.8 Å². The molecular formula is C22H19F3N2O4. The summed E-state index contributed by atoms with van der Waals surface area (Å²) in [4.78, 5) is 29.5. The predicted octanol–water partition coefficient (Wildman–Crippen LogP) is 3.57. The number of para-hydroxylation sites is 1. The van der Waals surface area contributed by atoms with E-state index in [-0.39, 0.29) is 36.8 Å². The average Bonchev–Trinajstić information content (AvgIpc) is 2.73. The van der Waals surface area contributed by atoms with Crippen LogP contribution in [-0.2, 0) is 16.0 Å². The lowest BCUT2D eigenvalue weighted by Gasteiger charge is -2.33. The lowest BCUT2D eigenvalue weighted by Crippen LogP contribution is -2.43. The van der Waals surface area contributed by atoms with Gasteiger partial charge in [0, 0.05) is 17.6 Å². The van der Waals surface area contributed by atoms with Crippen LogP contribution in [0, 0.1) is 0 Å². The molecule has 1 aliphatic rings. The number of amides is 1. The summed E-state index contributed by atoms with van der Waals surface area (Å²) in [5, 5.41) is 0.825. The number of pyridine rings is 1. The Hall–Kier alpha value is -3.33. The van der Waals surface area contributed by atoms with Gasteiger partial charge in [-0.3, -0.25) is 9.59 Å². The molecule has 1 atom stereocenters. The molecule has 1 aliphatic heterocycles. The number of aromatic nitrogens is 1. The van der Waals surface area contributed by atoms with Crippen LogP contribution < -0.4 is 10.3 Å². The van der Waals surface area contributed by atoms with Crippen molar-refractivity contribution in [1.29, 1.82) is 0 Å². The number of ether oxygens (including phenoxy) is 2. The van der Waals surface area contributed by atoms with Crippen LogP contribution in [0.1, 0.15) is 17.2 Å². The lowest BCUT2D eigenvalue weighted by atomic mass is 10.1. The van der Waals surface area contributed by atoms with E-state index in [2.05, 4.69) is 9.72 Å². The summed E-state index contributed by atoms with van der Waals surface area (Å²) < 4.78 is 47.1. The lowest BCUT2D eigenvalue weighted by molar-refractivity contribution is -0.274. The summed E-state index contributed by atoms with van der Waals surface area (Å²) >= 11 is 0. The minimum atomic E-state index is -4.79. The van der Waals surface area contributed by atoms with Gasteiger partial charge in [-0.2, -0.15) is 0 Å². The van der Waals surface area contributed by atoms with Crippen LogP contribution in [0.25, 0.3) is 10.9 Å². The number of carbonyl (C=O) groups excluding carboxylic acids is 1. The molecule has 0 radical (unpaired) electrons. The van der Waals surface area contributed by atoms with Gasteiger partial charge in [0.2, 0.25) is 5.91 Å². The van der Waals surface area contributed by atoms with Crippen LogP contribution in [0.2, 0.25) is 0 Å². The van der Waals surface area contributed by atoms with E-state index < -0.39 is 12.5 Å². The first-order valence-electron chi connectivity index (χ1n) is 9.64. The molecular weight excluding hydrogens is 413 g/mol. The van der Waals surface area contributed by atoms with Crippen molar-refractivity contribution in [3.05, 3.63) is 76.1 Å². The van der Waals surface area contributed by atoms with Gasteiger partial charge in [0.15, 0.2) is 0 Å². The number of alkyl halides is 3. The molecule has 1 N–H and O–H groups in total. The number of fused-ring (bicyclic) bond motifs is 1. The maximum atomic E-state index is 12.8. The van der Waals surface area contributed by atoms with E-state index in [1.807, 2.05) is 18.2 Å². The SMILES string of the molecule is O=C(Cc1cc2ccccc2[nH]c1=O)N1CCOC(c2cccc(OC(F)(F)F)c2)C1. The van der Waals surface area contributed by atoms with Crippen molar-refractivity contribution in [3.8, 4) is 5.75 Å². The van der Waals surface area contributed by atoms with Crippen molar-refractivity contribution >= 4 is 16.8 Å². The van der Waals surface area contributed by atoms with Gasteiger partial charge in [-0.1, -0.05) is 30.3 Å². The first-order chi connectivity index (χ1) is 14.8. The van der Waals surface area contributed by atoms with E-state index in [0.717, 1.165) is 5.39 Å². The Balaban J connectivity index is 1.48. The highest BCUT2D eigenvalue weighted by molar-refractivity contribution is 5.82. The maximum Gasteiger partial charge on any atom is 0.573 e. The van der Waals surface area contributed by atoms with Gasteiger partial charge in [-0.05, 0) is 35.2 Å². The van der Waals surface area contributed by atoms with E-state index in [1.165, 1.54) is 18.2 Å². The zero-order valence-corrected chi connectivity index (χ0v) is 16.3. The molecule has 1 unspecified atom stereocenters. The van der Waals surface area contributed by atoms with E-state index in [1.54, 1.807) is 23.1 Å². The van der Waals surface area contributed by atoms with Crippen LogP contribution in [-0.4, -0.2) is 41.8 Å². The summed E-state index contributed by atoms with van der Waals surface area (Å²) in [6.45, 7) is 0.730. The molecule has 2 aromatic carbocycles. The fourth-order valence-electron chi connectivity index (χ4n) is 3.59. The third-order valence-electron chi connectivity index (χ3n) is 5.05. The minimum Gasteiger partial charge on any atom is -0.406 e. The Morgan fingerprint density at radius 1 is 1.16 bits per heavy atom. The molecule has 1 saturated heterocycles. The van der Waals surface area contributed by atoms with Gasteiger partial charge in [0.05, 0.1) is 19.6 Å². The van der Waals surface area contributed by atoms with Crippen molar-refractivity contribution in [1.82, 2.24) is 9.88 Å². The summed E-state index contributed by atoms with van der Waals surface area (Å²) in [6, 6.07) is 14.5. The summed E-state index contributed by atoms with van der Waals surface area (Å²) in [5.74, 6) is -0.600. The molecule has 0 aliphatic carbocycles. The number of H-pyrrole nitrogens is 1. The first kappa shape index (κ1) is 20.9. The molecule has 6 nitrogen and oxygen atoms in total. The topological polar surface area (TPSA) is 71.6 Å².